The van der Waals surface area contributed by atoms with Gasteiger partial charge in [-0.2, -0.15) is 4.98 Å². The monoisotopic (exact) mass is 564 g/mol. The Kier molecular flexibility index (Phi) is 7.40. The second kappa shape index (κ2) is 10.5. The molecule has 39 heavy (non-hydrogen) atoms. The van der Waals surface area contributed by atoms with Crippen molar-refractivity contribution in [2.45, 2.75) is 56.6 Å². The number of nitrogens with zero attached hydrogens (tertiary/aromatic N) is 4. The summed E-state index contributed by atoms with van der Waals surface area (Å²) in [7, 11) is -3.81. The minimum Gasteiger partial charge on any atom is -0.395 e. The van der Waals surface area contributed by atoms with Gasteiger partial charge in [0.15, 0.2) is 0 Å². The van der Waals surface area contributed by atoms with E-state index in [1.54, 1.807) is 17.0 Å². The van der Waals surface area contributed by atoms with Crippen molar-refractivity contribution in [2.75, 3.05) is 52.6 Å². The molecule has 0 unspecified atom stereocenters. The normalized spacial score (nSPS) is 20.9. The Morgan fingerprint density at radius 1 is 1.05 bits per heavy atom. The van der Waals surface area contributed by atoms with Crippen molar-refractivity contribution in [3.05, 3.63) is 36.0 Å². The number of anilines is 4. The van der Waals surface area contributed by atoms with Crippen molar-refractivity contribution in [1.82, 2.24) is 9.97 Å². The summed E-state index contributed by atoms with van der Waals surface area (Å²) in [5.41, 5.74) is 1.68. The van der Waals surface area contributed by atoms with E-state index >= 15 is 0 Å². The van der Waals surface area contributed by atoms with E-state index in [-0.39, 0.29) is 37.7 Å². The van der Waals surface area contributed by atoms with Gasteiger partial charge in [-0.15, -0.1) is 0 Å². The smallest absolute Gasteiger partial charge is 0.258 e. The molecule has 10 nitrogen and oxygen atoms in total. The number of aliphatic hydroxyl groups excluding tert-OH is 1. The zero-order valence-electron chi connectivity index (χ0n) is 21.9. The Labute approximate surface area is 226 Å². The molecule has 5 rings (SSSR count). The average Bonchev–Trinajstić information content (AvgIpc) is 3.67. The fourth-order valence-electron chi connectivity index (χ4n) is 5.10. The van der Waals surface area contributed by atoms with Gasteiger partial charge in [-0.05, 0) is 62.3 Å². The van der Waals surface area contributed by atoms with Crippen molar-refractivity contribution >= 4 is 39.1 Å². The molecule has 3 aliphatic rings. The molecule has 1 aliphatic carbocycles. The molecule has 1 aromatic heterocycles. The van der Waals surface area contributed by atoms with E-state index in [9.17, 15) is 27.1 Å². The van der Waals surface area contributed by atoms with Crippen molar-refractivity contribution in [3.8, 4) is 0 Å². The van der Waals surface area contributed by atoms with E-state index < -0.39 is 33.7 Å². The highest BCUT2D eigenvalue weighted by Gasteiger charge is 2.44. The van der Waals surface area contributed by atoms with Crippen LogP contribution in [0.1, 0.15) is 55.8 Å². The fourth-order valence-corrected chi connectivity index (χ4v) is 5.95. The summed E-state index contributed by atoms with van der Waals surface area (Å²) in [6.07, 6.45) is 5.38. The maximum absolute atomic E-state index is 13.6. The zero-order valence-corrected chi connectivity index (χ0v) is 22.7. The number of alkyl halides is 2. The standard InChI is InChI=1S/C26H34F2N6O4S/c1-18(17-35)39(37,38)32-19-2-3-20(21(16-19)33-12-7-25(5-6-25)8-13-33)23(36)30-22-4-11-29-24(31-22)34-14-9-26(27,28)10-15-34/h2-4,11,16,18,32,35H,5-10,12-15,17H2,1H3,(H,29,30,31,36)/t18-/m1/s1. The highest BCUT2D eigenvalue weighted by atomic mass is 32.2. The lowest BCUT2D eigenvalue weighted by Gasteiger charge is -2.35. The lowest BCUT2D eigenvalue weighted by molar-refractivity contribution is -0.0222. The van der Waals surface area contributed by atoms with Gasteiger partial charge in [-0.3, -0.25) is 9.52 Å². The third-order valence-electron chi connectivity index (χ3n) is 8.07. The van der Waals surface area contributed by atoms with E-state index in [0.29, 0.717) is 22.4 Å². The first-order valence-electron chi connectivity index (χ1n) is 13.3. The predicted octanol–water partition coefficient (Wildman–Crippen LogP) is 3.47. The highest BCUT2D eigenvalue weighted by Crippen LogP contribution is 2.54. The molecule has 2 saturated heterocycles. The summed E-state index contributed by atoms with van der Waals surface area (Å²) >= 11 is 0. The number of sulfonamides is 1. The van der Waals surface area contributed by atoms with Crippen LogP contribution in [0.2, 0.25) is 0 Å². The van der Waals surface area contributed by atoms with Gasteiger partial charge in [-0.25, -0.2) is 22.2 Å². The summed E-state index contributed by atoms with van der Waals surface area (Å²) < 4.78 is 54.7. The molecular weight excluding hydrogens is 530 g/mol. The third-order valence-corrected chi connectivity index (χ3v) is 9.80. The highest BCUT2D eigenvalue weighted by molar-refractivity contribution is 7.93. The number of halogens is 2. The van der Waals surface area contributed by atoms with Crippen LogP contribution in [0.25, 0.3) is 0 Å². The first-order chi connectivity index (χ1) is 18.5. The first-order valence-corrected chi connectivity index (χ1v) is 14.8. The second-order valence-corrected chi connectivity index (χ2v) is 13.0. The van der Waals surface area contributed by atoms with Gasteiger partial charge in [0.1, 0.15) is 11.1 Å². The van der Waals surface area contributed by atoms with Gasteiger partial charge >= 0.3 is 0 Å². The molecule has 1 saturated carbocycles. The van der Waals surface area contributed by atoms with E-state index in [4.69, 9.17) is 0 Å². The van der Waals surface area contributed by atoms with Crippen LogP contribution in [-0.2, 0) is 10.0 Å². The number of piperidine rings is 2. The number of rotatable bonds is 8. The summed E-state index contributed by atoms with van der Waals surface area (Å²) in [4.78, 5) is 25.8. The third kappa shape index (κ3) is 6.24. The largest absolute Gasteiger partial charge is 0.395 e. The van der Waals surface area contributed by atoms with Crippen LogP contribution >= 0.6 is 0 Å². The zero-order chi connectivity index (χ0) is 27.8. The van der Waals surface area contributed by atoms with Gasteiger partial charge in [0.25, 0.3) is 11.8 Å². The molecule has 1 aromatic carbocycles. The van der Waals surface area contributed by atoms with E-state index in [2.05, 4.69) is 24.9 Å². The SMILES string of the molecule is C[C@H](CO)S(=O)(=O)Nc1ccc(C(=O)Nc2ccnc(N3CCC(F)(F)CC3)n2)c(N2CCC3(CC2)CC3)c1. The summed E-state index contributed by atoms with van der Waals surface area (Å²) in [6, 6.07) is 6.28. The summed E-state index contributed by atoms with van der Waals surface area (Å²) in [6.45, 7) is 2.64. The van der Waals surface area contributed by atoms with Crippen LogP contribution in [0.5, 0.6) is 0 Å². The van der Waals surface area contributed by atoms with Crippen molar-refractivity contribution < 1.29 is 27.1 Å². The minimum atomic E-state index is -3.81. The predicted molar refractivity (Wildman–Crippen MR) is 145 cm³/mol. The van der Waals surface area contributed by atoms with Crippen LogP contribution in [-0.4, -0.2) is 73.4 Å². The number of amides is 1. The van der Waals surface area contributed by atoms with E-state index in [0.717, 1.165) is 25.9 Å². The Hall–Kier alpha value is -3.06. The Morgan fingerprint density at radius 3 is 2.36 bits per heavy atom. The number of nitrogens with one attached hydrogen (secondary N) is 2. The van der Waals surface area contributed by atoms with Crippen LogP contribution in [0.3, 0.4) is 0 Å². The van der Waals surface area contributed by atoms with Crippen molar-refractivity contribution in [2.24, 2.45) is 5.41 Å². The molecule has 13 heteroatoms. The first kappa shape index (κ1) is 27.5. The molecule has 3 N–H and O–H groups in total. The van der Waals surface area contributed by atoms with Gasteiger partial charge in [0.2, 0.25) is 16.0 Å². The number of hydrogen-bond acceptors (Lipinski definition) is 8. The maximum Gasteiger partial charge on any atom is 0.258 e. The Morgan fingerprint density at radius 2 is 1.72 bits per heavy atom. The van der Waals surface area contributed by atoms with E-state index in [1.807, 2.05) is 0 Å². The minimum absolute atomic E-state index is 0.122. The van der Waals surface area contributed by atoms with Crippen LogP contribution < -0.4 is 19.8 Å². The number of benzene rings is 1. The molecule has 0 bridgehead atoms. The molecule has 0 radical (unpaired) electrons. The molecule has 1 spiro atoms. The molecule has 1 atom stereocenters. The summed E-state index contributed by atoms with van der Waals surface area (Å²) in [5, 5.41) is 11.1. The molecule has 212 valence electrons. The summed E-state index contributed by atoms with van der Waals surface area (Å²) in [5.74, 6) is -2.60. The average molecular weight is 565 g/mol. The molecule has 3 heterocycles. The van der Waals surface area contributed by atoms with Crippen molar-refractivity contribution in [3.63, 3.8) is 0 Å². The van der Waals surface area contributed by atoms with E-state index in [1.165, 1.54) is 38.1 Å². The van der Waals surface area contributed by atoms with Crippen LogP contribution in [0.4, 0.5) is 31.9 Å². The second-order valence-electron chi connectivity index (χ2n) is 10.9. The van der Waals surface area contributed by atoms with Crippen LogP contribution in [0.15, 0.2) is 30.5 Å². The number of carbonyl (C=O) groups is 1. The number of hydrogen-bond donors (Lipinski definition) is 3. The van der Waals surface area contributed by atoms with Gasteiger partial charge in [0.05, 0.1) is 23.5 Å². The lowest BCUT2D eigenvalue weighted by Crippen LogP contribution is -2.40. The van der Waals surface area contributed by atoms with Crippen molar-refractivity contribution in [1.29, 1.82) is 0 Å². The molecule has 1 amide bonds. The topological polar surface area (TPSA) is 128 Å². The molecular formula is C26H34F2N6O4S. The number of carbonyl (C=O) groups excluding carboxylic acids is 1. The number of aliphatic hydroxyl groups is 1. The van der Waals surface area contributed by atoms with Gasteiger partial charge < -0.3 is 20.2 Å². The Balaban J connectivity index is 1.37. The van der Waals surface area contributed by atoms with Gasteiger partial charge in [0, 0.05) is 45.2 Å². The molecule has 2 aliphatic heterocycles. The van der Waals surface area contributed by atoms with Gasteiger partial charge in [-0.1, -0.05) is 0 Å². The Bertz CT molecular complexity index is 1320. The maximum atomic E-state index is 13.6. The quantitative estimate of drug-likeness (QED) is 0.445. The molecule has 2 aromatic rings. The van der Waals surface area contributed by atoms with Crippen LogP contribution in [0, 0.1) is 5.41 Å². The fraction of sp³-hybridized carbons (Fsp3) is 0.577. The number of aromatic nitrogens is 2. The molecule has 3 fully saturated rings. The lowest BCUT2D eigenvalue weighted by atomic mass is 9.93.